The van der Waals surface area contributed by atoms with Crippen LogP contribution < -0.4 is 20.5 Å². The fraction of sp³-hybridized carbons (Fsp3) is 0.500. The van der Waals surface area contributed by atoms with Gasteiger partial charge in [0, 0.05) is 18.2 Å². The largest absolute Gasteiger partial charge is 0.489 e. The first-order valence-corrected chi connectivity index (χ1v) is 13.2. The van der Waals surface area contributed by atoms with Crippen LogP contribution in [0.15, 0.2) is 36.7 Å². The fourth-order valence-electron chi connectivity index (χ4n) is 5.84. The van der Waals surface area contributed by atoms with Crippen LogP contribution in [0.2, 0.25) is 0 Å². The van der Waals surface area contributed by atoms with Gasteiger partial charge in [-0.05, 0) is 82.1 Å². The third-order valence-corrected chi connectivity index (χ3v) is 7.80. The fourth-order valence-corrected chi connectivity index (χ4v) is 5.84. The Hall–Kier alpha value is -3.66. The molecule has 0 aromatic carbocycles. The molecule has 4 N–H and O–H groups in total. The van der Waals surface area contributed by atoms with Crippen LogP contribution in [0.4, 0.5) is 0 Å². The summed E-state index contributed by atoms with van der Waals surface area (Å²) in [6, 6.07) is 7.13. The van der Waals surface area contributed by atoms with Gasteiger partial charge in [0.05, 0.1) is 28.6 Å². The van der Waals surface area contributed by atoms with Crippen molar-refractivity contribution in [2.75, 3.05) is 6.61 Å². The Morgan fingerprint density at radius 1 is 1.18 bits per heavy atom. The van der Waals surface area contributed by atoms with Crippen LogP contribution in [0.1, 0.15) is 84.7 Å². The molecule has 3 aromatic rings. The Balaban J connectivity index is 1.07. The molecular weight excluding hydrogens is 486 g/mol. The van der Waals surface area contributed by atoms with Gasteiger partial charge < -0.3 is 25.6 Å². The highest BCUT2D eigenvalue weighted by Gasteiger charge is 2.54. The number of nitrogens with zero attached hydrogens (tertiary/aromatic N) is 3. The van der Waals surface area contributed by atoms with Crippen LogP contribution in [0, 0.1) is 5.41 Å². The number of aromatic nitrogens is 3. The number of hydrogen-bond donors (Lipinski definition) is 3. The molecule has 10 heteroatoms. The van der Waals surface area contributed by atoms with E-state index >= 15 is 0 Å². The predicted octanol–water partition coefficient (Wildman–Crippen LogP) is 2.98. The van der Waals surface area contributed by atoms with Crippen LogP contribution in [-0.2, 0) is 0 Å². The molecule has 10 nitrogen and oxygen atoms in total. The number of nitrogens with two attached hydrogens (primary N) is 1. The van der Waals surface area contributed by atoms with Crippen molar-refractivity contribution in [3.8, 4) is 11.6 Å². The summed E-state index contributed by atoms with van der Waals surface area (Å²) in [7, 11) is 0. The van der Waals surface area contributed by atoms with Crippen molar-refractivity contribution in [1.29, 1.82) is 0 Å². The lowest BCUT2D eigenvalue weighted by atomic mass is 9.53. The van der Waals surface area contributed by atoms with Crippen molar-refractivity contribution in [2.45, 2.75) is 76.0 Å². The van der Waals surface area contributed by atoms with Crippen molar-refractivity contribution in [2.24, 2.45) is 11.1 Å². The zero-order valence-corrected chi connectivity index (χ0v) is 21.6. The number of carbonyl (C=O) groups excluding carboxylic acids is 2. The number of nitrogens with one attached hydrogen (secondary N) is 1. The first-order valence-electron chi connectivity index (χ1n) is 13.2. The van der Waals surface area contributed by atoms with E-state index in [1.165, 1.54) is 0 Å². The second-order valence-electron chi connectivity index (χ2n) is 11.8. The highest BCUT2D eigenvalue weighted by atomic mass is 16.5. The minimum absolute atomic E-state index is 0.00654. The van der Waals surface area contributed by atoms with Crippen LogP contribution >= 0.6 is 0 Å². The molecule has 38 heavy (non-hydrogen) atoms. The number of aliphatic hydroxyl groups is 1. The van der Waals surface area contributed by atoms with Gasteiger partial charge in [-0.2, -0.15) is 5.10 Å². The summed E-state index contributed by atoms with van der Waals surface area (Å²) in [6.45, 7) is 3.59. The predicted molar refractivity (Wildman–Crippen MR) is 138 cm³/mol. The molecule has 3 heterocycles. The Labute approximate surface area is 220 Å². The summed E-state index contributed by atoms with van der Waals surface area (Å²) in [5.41, 5.74) is 7.20. The molecule has 3 saturated carbocycles. The van der Waals surface area contributed by atoms with Crippen molar-refractivity contribution in [3.05, 3.63) is 53.5 Å². The Morgan fingerprint density at radius 2 is 1.95 bits per heavy atom. The molecule has 3 aliphatic rings. The van der Waals surface area contributed by atoms with E-state index in [4.69, 9.17) is 15.2 Å². The van der Waals surface area contributed by atoms with E-state index in [1.807, 2.05) is 16.6 Å². The van der Waals surface area contributed by atoms with Crippen LogP contribution in [0.5, 0.6) is 11.6 Å². The van der Waals surface area contributed by atoms with Crippen LogP contribution in [-0.4, -0.2) is 55.9 Å². The molecule has 3 fully saturated rings. The molecule has 200 valence electrons. The first-order chi connectivity index (χ1) is 18.1. The molecule has 0 bridgehead atoms. The van der Waals surface area contributed by atoms with E-state index in [9.17, 15) is 14.7 Å². The third-order valence-electron chi connectivity index (χ3n) is 7.80. The zero-order valence-electron chi connectivity index (χ0n) is 21.6. The zero-order chi connectivity index (χ0) is 26.7. The van der Waals surface area contributed by atoms with E-state index in [0.717, 1.165) is 49.7 Å². The van der Waals surface area contributed by atoms with Crippen LogP contribution in [0.25, 0.3) is 5.52 Å². The normalized spacial score (nSPS) is 24.5. The lowest BCUT2D eigenvalue weighted by Gasteiger charge is -2.57. The summed E-state index contributed by atoms with van der Waals surface area (Å²) in [4.78, 5) is 28.9. The summed E-state index contributed by atoms with van der Waals surface area (Å²) in [6.07, 6.45) is 8.83. The van der Waals surface area contributed by atoms with Gasteiger partial charge >= 0.3 is 0 Å². The van der Waals surface area contributed by atoms with Gasteiger partial charge in [0.2, 0.25) is 5.88 Å². The molecule has 3 aliphatic carbocycles. The minimum atomic E-state index is -0.942. The number of carbonyl (C=O) groups is 2. The van der Waals surface area contributed by atoms with Gasteiger partial charge in [0.25, 0.3) is 11.8 Å². The maximum atomic E-state index is 13.2. The second kappa shape index (κ2) is 8.97. The number of hydrogen-bond acceptors (Lipinski definition) is 7. The number of primary amides is 1. The molecule has 2 amide bonds. The topological polar surface area (TPSA) is 141 Å². The standard InChI is InChI=1S/C28H33N5O5/c1-27(2,36)15-37-22-8-7-21-20(14-31-33(21)23(22)16-5-6-16)25(35)32-17-10-28(11-17)12-18(13-28)38-26-19(24(29)34)4-3-9-30-26/h3-4,7-9,14,16-18,36H,5-6,10-13,15H2,1-2H3,(H2,29,34)(H,32,35)/t17-,18-,28?. The Kier molecular flexibility index (Phi) is 5.82. The second-order valence-corrected chi connectivity index (χ2v) is 11.8. The third kappa shape index (κ3) is 4.69. The summed E-state index contributed by atoms with van der Waals surface area (Å²) in [5.74, 6) is 0.656. The van der Waals surface area contributed by atoms with Gasteiger partial charge in [-0.3, -0.25) is 9.59 Å². The maximum Gasteiger partial charge on any atom is 0.255 e. The molecule has 0 saturated heterocycles. The quantitative estimate of drug-likeness (QED) is 0.395. The molecule has 6 rings (SSSR count). The lowest BCUT2D eigenvalue weighted by Crippen LogP contribution is -2.58. The lowest BCUT2D eigenvalue weighted by molar-refractivity contribution is -0.0848. The highest BCUT2D eigenvalue weighted by molar-refractivity contribution is 6.01. The molecule has 1 spiro atoms. The van der Waals surface area contributed by atoms with Gasteiger partial charge in [-0.1, -0.05) is 0 Å². The van der Waals surface area contributed by atoms with Gasteiger partial charge in [0.15, 0.2) is 0 Å². The molecule has 0 atom stereocenters. The summed E-state index contributed by atoms with van der Waals surface area (Å²) < 4.78 is 13.7. The average molecular weight is 520 g/mol. The molecule has 0 unspecified atom stereocenters. The number of fused-ring (bicyclic) bond motifs is 1. The SMILES string of the molecule is CC(C)(O)COc1ccc2c(C(=O)N[C@H]3CC4(C3)C[C@H](Oc3ncccc3C(N)=O)C4)cnn2c1C1CC1. The van der Waals surface area contributed by atoms with E-state index in [2.05, 4.69) is 15.4 Å². The number of rotatable bonds is 9. The van der Waals surface area contributed by atoms with Gasteiger partial charge in [0.1, 0.15) is 24.0 Å². The number of pyridine rings is 2. The molecule has 0 radical (unpaired) electrons. The van der Waals surface area contributed by atoms with Crippen molar-refractivity contribution >= 4 is 17.3 Å². The van der Waals surface area contributed by atoms with E-state index in [1.54, 1.807) is 38.4 Å². The van der Waals surface area contributed by atoms with E-state index < -0.39 is 11.5 Å². The van der Waals surface area contributed by atoms with E-state index in [-0.39, 0.29) is 36.0 Å². The van der Waals surface area contributed by atoms with Crippen molar-refractivity contribution < 1.29 is 24.2 Å². The smallest absolute Gasteiger partial charge is 0.255 e. The average Bonchev–Trinajstić information content (AvgIpc) is 3.56. The van der Waals surface area contributed by atoms with Crippen LogP contribution in [0.3, 0.4) is 0 Å². The molecule has 3 aromatic heterocycles. The monoisotopic (exact) mass is 519 g/mol. The summed E-state index contributed by atoms with van der Waals surface area (Å²) in [5, 5.41) is 17.8. The molecular formula is C28H33N5O5. The minimum Gasteiger partial charge on any atom is -0.489 e. The first kappa shape index (κ1) is 24.7. The highest BCUT2D eigenvalue weighted by Crippen LogP contribution is 2.57. The summed E-state index contributed by atoms with van der Waals surface area (Å²) >= 11 is 0. The van der Waals surface area contributed by atoms with Crippen molar-refractivity contribution in [1.82, 2.24) is 19.9 Å². The Morgan fingerprint density at radius 3 is 2.63 bits per heavy atom. The maximum absolute atomic E-state index is 13.2. The number of ether oxygens (including phenoxy) is 2. The Bertz CT molecular complexity index is 1390. The van der Waals surface area contributed by atoms with Crippen molar-refractivity contribution in [3.63, 3.8) is 0 Å². The van der Waals surface area contributed by atoms with E-state index in [0.29, 0.717) is 22.8 Å². The number of amides is 2. The van der Waals surface area contributed by atoms with Gasteiger partial charge in [-0.15, -0.1) is 0 Å². The molecule has 0 aliphatic heterocycles. The van der Waals surface area contributed by atoms with Gasteiger partial charge in [-0.25, -0.2) is 9.50 Å².